The lowest BCUT2D eigenvalue weighted by Gasteiger charge is -2.15. The van der Waals surface area contributed by atoms with Gasteiger partial charge in [-0.05, 0) is 112 Å². The van der Waals surface area contributed by atoms with Crippen molar-refractivity contribution >= 4 is 35.4 Å². The first-order valence-corrected chi connectivity index (χ1v) is 16.4. The summed E-state index contributed by atoms with van der Waals surface area (Å²) in [4.78, 5) is 61.8. The van der Waals surface area contributed by atoms with Crippen molar-refractivity contribution in [2.45, 2.75) is 38.9 Å². The molecule has 0 aliphatic carbocycles. The minimum Gasteiger partial charge on any atom is -0.490 e. The SMILES string of the molecule is CC(C)(O)C(=O)c1ccc(OCCOC(=O)c2ccc(C=CC(=O)c3ccc(C(=O)OCCOc4ccc(C(=O)C(C)(C)O)cc4)cc3)cc2)cc1. The van der Waals surface area contributed by atoms with Gasteiger partial charge in [-0.3, -0.25) is 14.4 Å². The van der Waals surface area contributed by atoms with E-state index < -0.39 is 34.7 Å². The smallest absolute Gasteiger partial charge is 0.338 e. The number of allylic oxidation sites excluding steroid dienone is 1. The molecular formula is C41H40O11. The number of ether oxygens (including phenoxy) is 4. The molecule has 0 heterocycles. The van der Waals surface area contributed by atoms with E-state index in [9.17, 15) is 34.2 Å². The summed E-state index contributed by atoms with van der Waals surface area (Å²) in [5.41, 5.74) is -0.615. The molecule has 0 saturated heterocycles. The van der Waals surface area contributed by atoms with E-state index in [1.807, 2.05) is 0 Å². The molecule has 52 heavy (non-hydrogen) atoms. The van der Waals surface area contributed by atoms with Crippen molar-refractivity contribution in [2.24, 2.45) is 0 Å². The van der Waals surface area contributed by atoms with Crippen LogP contribution in [-0.2, 0) is 9.47 Å². The van der Waals surface area contributed by atoms with Crippen LogP contribution in [0.25, 0.3) is 6.08 Å². The monoisotopic (exact) mass is 708 g/mol. The number of carbonyl (C=O) groups is 5. The van der Waals surface area contributed by atoms with E-state index in [0.717, 1.165) is 0 Å². The molecule has 11 nitrogen and oxygen atoms in total. The van der Waals surface area contributed by atoms with Crippen molar-refractivity contribution in [3.8, 4) is 11.5 Å². The maximum Gasteiger partial charge on any atom is 0.338 e. The number of carbonyl (C=O) groups excluding carboxylic acids is 5. The number of Topliss-reactive ketones (excluding diaryl/α,β-unsaturated/α-hetero) is 2. The molecule has 0 aromatic heterocycles. The summed E-state index contributed by atoms with van der Waals surface area (Å²) in [7, 11) is 0. The Morgan fingerprint density at radius 1 is 0.500 bits per heavy atom. The molecule has 0 spiro atoms. The second-order valence-corrected chi connectivity index (χ2v) is 12.7. The van der Waals surface area contributed by atoms with E-state index in [2.05, 4.69) is 0 Å². The van der Waals surface area contributed by atoms with Crippen LogP contribution < -0.4 is 9.47 Å². The van der Waals surface area contributed by atoms with E-state index in [1.54, 1.807) is 78.9 Å². The molecule has 0 aliphatic heterocycles. The molecule has 4 aromatic rings. The molecule has 0 radical (unpaired) electrons. The number of hydrogen-bond donors (Lipinski definition) is 2. The third-order valence-corrected chi connectivity index (χ3v) is 7.49. The topological polar surface area (TPSA) is 163 Å². The lowest BCUT2D eigenvalue weighted by molar-refractivity contribution is 0.0442. The van der Waals surface area contributed by atoms with Gasteiger partial charge in [0.25, 0.3) is 0 Å². The minimum atomic E-state index is -1.48. The lowest BCUT2D eigenvalue weighted by Crippen LogP contribution is -2.30. The van der Waals surface area contributed by atoms with Crippen LogP contribution in [0.5, 0.6) is 11.5 Å². The van der Waals surface area contributed by atoms with Crippen LogP contribution >= 0.6 is 0 Å². The first-order chi connectivity index (χ1) is 24.6. The molecular weight excluding hydrogens is 668 g/mol. The Morgan fingerprint density at radius 2 is 0.846 bits per heavy atom. The molecule has 4 rings (SSSR count). The molecule has 270 valence electrons. The fourth-order valence-electron chi connectivity index (χ4n) is 4.63. The van der Waals surface area contributed by atoms with Gasteiger partial charge < -0.3 is 29.2 Å². The van der Waals surface area contributed by atoms with Crippen LogP contribution in [0.4, 0.5) is 0 Å². The van der Waals surface area contributed by atoms with Gasteiger partial charge in [-0.1, -0.05) is 30.3 Å². The summed E-state index contributed by atoms with van der Waals surface area (Å²) in [6, 6.07) is 25.1. The number of ketones is 3. The van der Waals surface area contributed by atoms with Gasteiger partial charge in [-0.25, -0.2) is 9.59 Å². The van der Waals surface area contributed by atoms with Crippen LogP contribution in [0.2, 0.25) is 0 Å². The van der Waals surface area contributed by atoms with Crippen LogP contribution in [0, 0.1) is 0 Å². The Morgan fingerprint density at radius 3 is 1.23 bits per heavy atom. The number of rotatable bonds is 17. The highest BCUT2D eigenvalue weighted by Crippen LogP contribution is 2.19. The quantitative estimate of drug-likeness (QED) is 0.0576. The zero-order valence-corrected chi connectivity index (χ0v) is 29.3. The highest BCUT2D eigenvalue weighted by Gasteiger charge is 2.26. The normalized spacial score (nSPS) is 11.5. The van der Waals surface area contributed by atoms with Crippen molar-refractivity contribution in [3.05, 3.63) is 137 Å². The molecule has 0 amide bonds. The van der Waals surface area contributed by atoms with Gasteiger partial charge in [0.15, 0.2) is 17.3 Å². The first kappa shape index (κ1) is 38.9. The van der Waals surface area contributed by atoms with Gasteiger partial charge in [0.2, 0.25) is 0 Å². The van der Waals surface area contributed by atoms with Crippen LogP contribution in [-0.4, -0.2) is 77.1 Å². The van der Waals surface area contributed by atoms with Crippen molar-refractivity contribution in [2.75, 3.05) is 26.4 Å². The van der Waals surface area contributed by atoms with E-state index >= 15 is 0 Å². The van der Waals surface area contributed by atoms with Crippen molar-refractivity contribution in [3.63, 3.8) is 0 Å². The largest absolute Gasteiger partial charge is 0.490 e. The van der Waals surface area contributed by atoms with Crippen LogP contribution in [0.3, 0.4) is 0 Å². The second-order valence-electron chi connectivity index (χ2n) is 12.7. The molecule has 2 N–H and O–H groups in total. The Labute approximate surface area is 301 Å². The van der Waals surface area contributed by atoms with Gasteiger partial charge in [-0.2, -0.15) is 0 Å². The highest BCUT2D eigenvalue weighted by atomic mass is 16.6. The molecule has 0 saturated carbocycles. The summed E-state index contributed by atoms with van der Waals surface area (Å²) < 4.78 is 21.6. The van der Waals surface area contributed by atoms with Crippen LogP contribution in [0.15, 0.2) is 103 Å². The predicted octanol–water partition coefficient (Wildman–Crippen LogP) is 5.96. The third-order valence-electron chi connectivity index (χ3n) is 7.49. The second kappa shape index (κ2) is 17.3. The maximum absolute atomic E-state index is 12.7. The van der Waals surface area contributed by atoms with E-state index in [0.29, 0.717) is 39.3 Å². The van der Waals surface area contributed by atoms with Gasteiger partial charge in [-0.15, -0.1) is 0 Å². The average Bonchev–Trinajstić information content (AvgIpc) is 3.13. The Bertz CT molecular complexity index is 1890. The summed E-state index contributed by atoms with van der Waals surface area (Å²) in [6.45, 7) is 5.82. The van der Waals surface area contributed by atoms with Crippen molar-refractivity contribution in [1.29, 1.82) is 0 Å². The highest BCUT2D eigenvalue weighted by molar-refractivity contribution is 6.07. The van der Waals surface area contributed by atoms with Gasteiger partial charge in [0.1, 0.15) is 49.1 Å². The van der Waals surface area contributed by atoms with E-state index in [-0.39, 0.29) is 37.8 Å². The Kier molecular flexibility index (Phi) is 13.0. The van der Waals surface area contributed by atoms with E-state index in [4.69, 9.17) is 18.9 Å². The number of aliphatic hydroxyl groups is 2. The van der Waals surface area contributed by atoms with Crippen molar-refractivity contribution in [1.82, 2.24) is 0 Å². The zero-order valence-electron chi connectivity index (χ0n) is 29.3. The fourth-order valence-corrected chi connectivity index (χ4v) is 4.63. The standard InChI is InChI=1S/C41H40O11/c1-40(2,47)36(43)29-14-18-33(19-15-29)49-23-25-51-38(45)31-8-5-27(6-9-31)7-22-35(42)28-10-12-32(13-11-28)39(46)52-26-24-50-34-20-16-30(17-21-34)37(44)41(3,4)48/h5-22,47-48H,23-26H2,1-4H3. The summed E-state index contributed by atoms with van der Waals surface area (Å²) in [6.07, 6.45) is 2.99. The van der Waals surface area contributed by atoms with Crippen molar-refractivity contribution < 1.29 is 53.1 Å². The summed E-state index contributed by atoms with van der Waals surface area (Å²) in [5, 5.41) is 19.7. The Balaban J connectivity index is 1.16. The zero-order chi connectivity index (χ0) is 37.9. The van der Waals surface area contributed by atoms with Gasteiger partial charge >= 0.3 is 11.9 Å². The first-order valence-electron chi connectivity index (χ1n) is 16.4. The van der Waals surface area contributed by atoms with E-state index in [1.165, 1.54) is 58.0 Å². The maximum atomic E-state index is 12.7. The summed E-state index contributed by atoms with van der Waals surface area (Å²) >= 11 is 0. The number of hydrogen-bond acceptors (Lipinski definition) is 11. The molecule has 0 bridgehead atoms. The van der Waals surface area contributed by atoms with Gasteiger partial charge in [0, 0.05) is 16.7 Å². The molecule has 4 aromatic carbocycles. The summed E-state index contributed by atoms with van der Waals surface area (Å²) in [5.74, 6) is -1.26. The van der Waals surface area contributed by atoms with Gasteiger partial charge in [0.05, 0.1) is 11.1 Å². The minimum absolute atomic E-state index is 0.00377. The average molecular weight is 709 g/mol. The predicted molar refractivity (Wildman–Crippen MR) is 192 cm³/mol. The number of benzene rings is 4. The molecule has 0 atom stereocenters. The Hall–Kier alpha value is -5.91. The molecule has 0 unspecified atom stereocenters. The fraction of sp³-hybridized carbons (Fsp3) is 0.244. The molecule has 0 aliphatic rings. The molecule has 0 fully saturated rings. The third kappa shape index (κ3) is 11.3. The lowest BCUT2D eigenvalue weighted by atomic mass is 9.97. The van der Waals surface area contributed by atoms with Crippen LogP contribution in [0.1, 0.15) is 85.0 Å². The number of esters is 2. The molecule has 11 heteroatoms.